The summed E-state index contributed by atoms with van der Waals surface area (Å²) in [5.41, 5.74) is -1.20. The summed E-state index contributed by atoms with van der Waals surface area (Å²) in [5.74, 6) is -3.12. The third-order valence-electron chi connectivity index (χ3n) is 4.56. The van der Waals surface area contributed by atoms with E-state index in [4.69, 9.17) is 9.47 Å². The van der Waals surface area contributed by atoms with Crippen LogP contribution in [0.4, 0.5) is 13.6 Å². The number of benzene rings is 1. The van der Waals surface area contributed by atoms with Crippen LogP contribution in [0.1, 0.15) is 25.8 Å². The van der Waals surface area contributed by atoms with Crippen LogP contribution in [0.3, 0.4) is 0 Å². The van der Waals surface area contributed by atoms with Gasteiger partial charge in [-0.15, -0.1) is 0 Å². The minimum atomic E-state index is -3.12. The molecule has 2 amide bonds. The zero-order chi connectivity index (χ0) is 18.1. The fraction of sp³-hybridized carbons (Fsp3) is 0.611. The molecule has 2 fully saturated rings. The predicted molar refractivity (Wildman–Crippen MR) is 88.6 cm³/mol. The van der Waals surface area contributed by atoms with E-state index in [1.54, 1.807) is 23.1 Å². The third-order valence-corrected chi connectivity index (χ3v) is 4.56. The van der Waals surface area contributed by atoms with Crippen LogP contribution in [-0.2, 0) is 15.4 Å². The number of halogens is 2. The van der Waals surface area contributed by atoms with Gasteiger partial charge in [0.15, 0.2) is 0 Å². The summed E-state index contributed by atoms with van der Waals surface area (Å²) in [7, 11) is 0. The molecule has 0 aliphatic carbocycles. The van der Waals surface area contributed by atoms with Gasteiger partial charge in [-0.3, -0.25) is 0 Å². The van der Waals surface area contributed by atoms with Crippen molar-refractivity contribution in [1.82, 2.24) is 10.2 Å². The van der Waals surface area contributed by atoms with Crippen molar-refractivity contribution in [3.05, 3.63) is 35.9 Å². The minimum absolute atomic E-state index is 0.113. The Bertz CT molecular complexity index is 616. The van der Waals surface area contributed by atoms with Crippen LogP contribution in [0.5, 0.6) is 0 Å². The van der Waals surface area contributed by atoms with Crippen molar-refractivity contribution < 1.29 is 23.0 Å². The Kier molecular flexibility index (Phi) is 4.72. The summed E-state index contributed by atoms with van der Waals surface area (Å²) in [4.78, 5) is 14.0. The van der Waals surface area contributed by atoms with Crippen LogP contribution in [0.25, 0.3) is 0 Å². The Labute approximate surface area is 146 Å². The van der Waals surface area contributed by atoms with Gasteiger partial charge in [0.05, 0.1) is 31.8 Å². The molecular weight excluding hydrogens is 330 g/mol. The molecule has 1 aromatic carbocycles. The van der Waals surface area contributed by atoms with E-state index in [-0.39, 0.29) is 5.56 Å². The van der Waals surface area contributed by atoms with E-state index in [0.29, 0.717) is 32.7 Å². The minimum Gasteiger partial charge on any atom is -0.378 e. The second kappa shape index (κ2) is 6.53. The van der Waals surface area contributed by atoms with Gasteiger partial charge in [0.1, 0.15) is 5.60 Å². The van der Waals surface area contributed by atoms with E-state index in [2.05, 4.69) is 5.32 Å². The van der Waals surface area contributed by atoms with Gasteiger partial charge in [-0.1, -0.05) is 30.3 Å². The molecule has 2 aliphatic rings. The highest BCUT2D eigenvalue weighted by Crippen LogP contribution is 2.34. The van der Waals surface area contributed by atoms with Gasteiger partial charge in [0, 0.05) is 18.6 Å². The molecule has 1 spiro atoms. The molecule has 7 heteroatoms. The maximum atomic E-state index is 14.3. The Balaban J connectivity index is 1.64. The van der Waals surface area contributed by atoms with Crippen molar-refractivity contribution in [3.63, 3.8) is 0 Å². The molecule has 1 unspecified atom stereocenters. The van der Waals surface area contributed by atoms with Crippen molar-refractivity contribution in [2.24, 2.45) is 0 Å². The van der Waals surface area contributed by atoms with Gasteiger partial charge in [0.2, 0.25) is 0 Å². The molecule has 1 aromatic rings. The SMILES string of the molecule is CC1(C)CN(C(=O)NCC(F)(F)c2ccccc2)CC2(CCOC2)O1. The summed E-state index contributed by atoms with van der Waals surface area (Å²) in [6.07, 6.45) is 0.695. The number of carbonyl (C=O) groups is 1. The Morgan fingerprint density at radius 1 is 1.28 bits per heavy atom. The highest BCUT2D eigenvalue weighted by molar-refractivity contribution is 5.74. The number of nitrogens with zero attached hydrogens (tertiary/aromatic N) is 1. The number of amides is 2. The van der Waals surface area contributed by atoms with E-state index < -0.39 is 29.7 Å². The van der Waals surface area contributed by atoms with Crippen LogP contribution in [0, 0.1) is 0 Å². The number of carbonyl (C=O) groups excluding carboxylic acids is 1. The molecule has 0 bridgehead atoms. The number of rotatable bonds is 3. The summed E-state index contributed by atoms with van der Waals surface area (Å²) in [5, 5.41) is 2.38. The maximum Gasteiger partial charge on any atom is 0.317 e. The van der Waals surface area contributed by atoms with E-state index in [9.17, 15) is 13.6 Å². The van der Waals surface area contributed by atoms with E-state index in [1.807, 2.05) is 13.8 Å². The van der Waals surface area contributed by atoms with Gasteiger partial charge in [0.25, 0.3) is 5.92 Å². The second-order valence-corrected chi connectivity index (χ2v) is 7.43. The molecule has 3 rings (SSSR count). The summed E-state index contributed by atoms with van der Waals surface area (Å²) >= 11 is 0. The maximum absolute atomic E-state index is 14.3. The Morgan fingerprint density at radius 2 is 2.00 bits per heavy atom. The topological polar surface area (TPSA) is 50.8 Å². The lowest BCUT2D eigenvalue weighted by molar-refractivity contribution is -0.185. The van der Waals surface area contributed by atoms with E-state index in [0.717, 1.165) is 0 Å². The third kappa shape index (κ3) is 4.10. The molecule has 0 radical (unpaired) electrons. The summed E-state index contributed by atoms with van der Waals surface area (Å²) in [6, 6.07) is 7.00. The average Bonchev–Trinajstić information content (AvgIpc) is 2.99. The van der Waals surface area contributed by atoms with Crippen LogP contribution in [-0.4, -0.2) is 55.0 Å². The average molecular weight is 354 g/mol. The fourth-order valence-corrected chi connectivity index (χ4v) is 3.53. The highest BCUT2D eigenvalue weighted by atomic mass is 19.3. The van der Waals surface area contributed by atoms with Crippen LogP contribution >= 0.6 is 0 Å². The monoisotopic (exact) mass is 354 g/mol. The molecule has 2 heterocycles. The lowest BCUT2D eigenvalue weighted by Gasteiger charge is -2.47. The molecule has 25 heavy (non-hydrogen) atoms. The number of alkyl halides is 2. The van der Waals surface area contributed by atoms with Crippen molar-refractivity contribution in [3.8, 4) is 0 Å². The van der Waals surface area contributed by atoms with Crippen molar-refractivity contribution >= 4 is 6.03 Å². The normalized spacial score (nSPS) is 26.0. The van der Waals surface area contributed by atoms with Crippen LogP contribution in [0.2, 0.25) is 0 Å². The smallest absolute Gasteiger partial charge is 0.317 e. The summed E-state index contributed by atoms with van der Waals surface area (Å²) < 4.78 is 40.1. The van der Waals surface area contributed by atoms with Gasteiger partial charge < -0.3 is 19.7 Å². The van der Waals surface area contributed by atoms with E-state index >= 15 is 0 Å². The van der Waals surface area contributed by atoms with Crippen molar-refractivity contribution in [1.29, 1.82) is 0 Å². The number of ether oxygens (including phenoxy) is 2. The molecule has 0 aromatic heterocycles. The molecule has 0 saturated carbocycles. The van der Waals surface area contributed by atoms with Crippen LogP contribution < -0.4 is 5.32 Å². The first kappa shape index (κ1) is 18.1. The molecule has 1 atom stereocenters. The zero-order valence-corrected chi connectivity index (χ0v) is 14.6. The lowest BCUT2D eigenvalue weighted by atomic mass is 9.95. The number of morpholine rings is 1. The summed E-state index contributed by atoms with van der Waals surface area (Å²) in [6.45, 7) is 4.74. The van der Waals surface area contributed by atoms with Crippen molar-refractivity contribution in [2.45, 2.75) is 37.4 Å². The van der Waals surface area contributed by atoms with Gasteiger partial charge in [-0.25, -0.2) is 4.79 Å². The number of urea groups is 1. The van der Waals surface area contributed by atoms with Gasteiger partial charge in [-0.2, -0.15) is 8.78 Å². The number of hydrogen-bond acceptors (Lipinski definition) is 3. The number of hydrogen-bond donors (Lipinski definition) is 1. The largest absolute Gasteiger partial charge is 0.378 e. The first-order valence-corrected chi connectivity index (χ1v) is 8.46. The molecule has 5 nitrogen and oxygen atoms in total. The molecule has 2 saturated heterocycles. The fourth-order valence-electron chi connectivity index (χ4n) is 3.53. The van der Waals surface area contributed by atoms with E-state index in [1.165, 1.54) is 12.1 Å². The molecular formula is C18H24F2N2O3. The second-order valence-electron chi connectivity index (χ2n) is 7.43. The van der Waals surface area contributed by atoms with Crippen LogP contribution in [0.15, 0.2) is 30.3 Å². The molecule has 2 aliphatic heterocycles. The zero-order valence-electron chi connectivity index (χ0n) is 14.6. The Morgan fingerprint density at radius 3 is 2.64 bits per heavy atom. The molecule has 138 valence electrons. The van der Waals surface area contributed by atoms with Crippen molar-refractivity contribution in [2.75, 3.05) is 32.8 Å². The Hall–Kier alpha value is -1.73. The molecule has 1 N–H and O–H groups in total. The quantitative estimate of drug-likeness (QED) is 0.908. The lowest BCUT2D eigenvalue weighted by Crippen LogP contribution is -2.63. The number of nitrogens with one attached hydrogen (secondary N) is 1. The standard InChI is InChI=1S/C18H24F2N2O3/c1-16(2)11-22(12-17(25-16)8-9-24-13-17)15(23)21-10-18(19,20)14-6-4-3-5-7-14/h3-7H,8-13H2,1-2H3,(H,21,23). The van der Waals surface area contributed by atoms with Gasteiger partial charge >= 0.3 is 6.03 Å². The van der Waals surface area contributed by atoms with Gasteiger partial charge in [-0.05, 0) is 13.8 Å². The highest BCUT2D eigenvalue weighted by Gasteiger charge is 2.48. The first-order chi connectivity index (χ1) is 11.7. The first-order valence-electron chi connectivity index (χ1n) is 8.46. The predicted octanol–water partition coefficient (Wildman–Crippen LogP) is 2.76.